The van der Waals surface area contributed by atoms with Gasteiger partial charge in [0.15, 0.2) is 0 Å². The molecule has 4 heteroatoms. The quantitative estimate of drug-likeness (QED) is 0.846. The van der Waals surface area contributed by atoms with Gasteiger partial charge in [0.1, 0.15) is 0 Å². The molecule has 0 fully saturated rings. The molecule has 1 aromatic rings. The van der Waals surface area contributed by atoms with E-state index in [1.165, 1.54) is 6.07 Å². The van der Waals surface area contributed by atoms with Crippen LogP contribution in [0.4, 0.5) is 13.2 Å². The van der Waals surface area contributed by atoms with Crippen molar-refractivity contribution in [2.45, 2.75) is 38.5 Å². The second-order valence-electron chi connectivity index (χ2n) is 4.23. The van der Waals surface area contributed by atoms with Crippen LogP contribution in [0.5, 0.6) is 0 Å². The fourth-order valence-corrected chi connectivity index (χ4v) is 1.42. The Morgan fingerprint density at radius 1 is 1.25 bits per heavy atom. The Bertz CT molecular complexity index is 356. The van der Waals surface area contributed by atoms with Gasteiger partial charge in [-0.15, -0.1) is 0 Å². The lowest BCUT2D eigenvalue weighted by Gasteiger charge is -2.21. The average Bonchev–Trinajstić information content (AvgIpc) is 2.16. The van der Waals surface area contributed by atoms with Crippen molar-refractivity contribution in [3.8, 4) is 0 Å². The molecule has 90 valence electrons. The minimum atomic E-state index is -4.33. The van der Waals surface area contributed by atoms with E-state index in [0.717, 1.165) is 12.1 Å². The highest BCUT2D eigenvalue weighted by atomic mass is 19.4. The molecule has 0 aromatic heterocycles. The zero-order valence-electron chi connectivity index (χ0n) is 9.30. The molecule has 0 aliphatic heterocycles. The molecule has 1 rings (SSSR count). The van der Waals surface area contributed by atoms with E-state index in [1.54, 1.807) is 19.9 Å². The second-order valence-corrected chi connectivity index (χ2v) is 4.23. The summed E-state index contributed by atoms with van der Waals surface area (Å²) in [4.78, 5) is 0. The summed E-state index contributed by atoms with van der Waals surface area (Å²) in [5.41, 5.74) is -1.12. The van der Waals surface area contributed by atoms with Crippen molar-refractivity contribution in [1.82, 2.24) is 0 Å². The van der Waals surface area contributed by atoms with Gasteiger partial charge in [0.05, 0.1) is 11.2 Å². The number of rotatable bonds is 3. The van der Waals surface area contributed by atoms with E-state index in [0.29, 0.717) is 12.0 Å². The van der Waals surface area contributed by atoms with Crippen molar-refractivity contribution >= 4 is 0 Å². The minimum absolute atomic E-state index is 0.230. The molecule has 1 N–H and O–H groups in total. The molecule has 1 unspecified atom stereocenters. The van der Waals surface area contributed by atoms with E-state index in [4.69, 9.17) is 0 Å². The van der Waals surface area contributed by atoms with Gasteiger partial charge in [-0.05, 0) is 25.0 Å². The Morgan fingerprint density at radius 3 is 2.38 bits per heavy atom. The van der Waals surface area contributed by atoms with Gasteiger partial charge in [-0.1, -0.05) is 25.1 Å². The third-order valence-electron chi connectivity index (χ3n) is 2.60. The first-order valence-electron chi connectivity index (χ1n) is 5.13. The Kier molecular flexibility index (Phi) is 3.63. The van der Waals surface area contributed by atoms with Crippen LogP contribution in [0.1, 0.15) is 31.4 Å². The topological polar surface area (TPSA) is 20.2 Å². The van der Waals surface area contributed by atoms with Crippen molar-refractivity contribution in [3.63, 3.8) is 0 Å². The Hall–Kier alpha value is -1.03. The summed E-state index contributed by atoms with van der Waals surface area (Å²) in [7, 11) is 0. The summed E-state index contributed by atoms with van der Waals surface area (Å²) in [6.45, 7) is 3.42. The first-order valence-corrected chi connectivity index (χ1v) is 5.13. The van der Waals surface area contributed by atoms with Gasteiger partial charge >= 0.3 is 6.18 Å². The summed E-state index contributed by atoms with van der Waals surface area (Å²) in [5, 5.41) is 9.79. The lowest BCUT2D eigenvalue weighted by Crippen LogP contribution is -2.25. The zero-order chi connectivity index (χ0) is 12.4. The molecule has 0 heterocycles. The number of benzene rings is 1. The maximum atomic E-state index is 12.4. The number of hydrogen-bond donors (Lipinski definition) is 1. The lowest BCUT2D eigenvalue weighted by molar-refractivity contribution is -0.137. The van der Waals surface area contributed by atoms with Crippen LogP contribution in [0.25, 0.3) is 0 Å². The van der Waals surface area contributed by atoms with E-state index < -0.39 is 17.3 Å². The molecular formula is C12H15F3O. The largest absolute Gasteiger partial charge is 0.416 e. The predicted molar refractivity (Wildman–Crippen MR) is 56.1 cm³/mol. The highest BCUT2D eigenvalue weighted by molar-refractivity contribution is 5.26. The Morgan fingerprint density at radius 2 is 1.88 bits per heavy atom. The van der Waals surface area contributed by atoms with Crippen LogP contribution in [0.2, 0.25) is 0 Å². The van der Waals surface area contributed by atoms with Crippen LogP contribution >= 0.6 is 0 Å². The van der Waals surface area contributed by atoms with Crippen LogP contribution < -0.4 is 0 Å². The molecule has 0 aliphatic rings. The highest BCUT2D eigenvalue weighted by Crippen LogP contribution is 2.30. The molecule has 1 atom stereocenters. The van der Waals surface area contributed by atoms with Gasteiger partial charge in [-0.25, -0.2) is 0 Å². The van der Waals surface area contributed by atoms with E-state index in [2.05, 4.69) is 0 Å². The molecule has 0 radical (unpaired) electrons. The first-order chi connectivity index (χ1) is 7.24. The van der Waals surface area contributed by atoms with Gasteiger partial charge in [0.2, 0.25) is 0 Å². The van der Waals surface area contributed by atoms with Gasteiger partial charge in [0.25, 0.3) is 0 Å². The second kappa shape index (κ2) is 4.45. The minimum Gasteiger partial charge on any atom is -0.390 e. The van der Waals surface area contributed by atoms with E-state index in [-0.39, 0.29) is 6.42 Å². The normalized spacial score (nSPS) is 15.9. The zero-order valence-corrected chi connectivity index (χ0v) is 9.30. The maximum absolute atomic E-state index is 12.4. The molecule has 1 nitrogen and oxygen atoms in total. The van der Waals surface area contributed by atoms with Crippen LogP contribution in [0.15, 0.2) is 24.3 Å². The average molecular weight is 232 g/mol. The maximum Gasteiger partial charge on any atom is 0.416 e. The molecule has 16 heavy (non-hydrogen) atoms. The van der Waals surface area contributed by atoms with Crippen LogP contribution in [-0.2, 0) is 12.6 Å². The molecule has 0 spiro atoms. The SMILES string of the molecule is CCC(C)(O)Cc1cccc(C(F)(F)F)c1. The first kappa shape index (κ1) is 13.0. The highest BCUT2D eigenvalue weighted by Gasteiger charge is 2.30. The van der Waals surface area contributed by atoms with Crippen molar-refractivity contribution in [3.05, 3.63) is 35.4 Å². The summed E-state index contributed by atoms with van der Waals surface area (Å²) < 4.78 is 37.3. The van der Waals surface area contributed by atoms with Crippen LogP contribution in [0, 0.1) is 0 Å². The summed E-state index contributed by atoms with van der Waals surface area (Å²) in [6, 6.07) is 5.08. The number of halogens is 3. The molecule has 0 bridgehead atoms. The smallest absolute Gasteiger partial charge is 0.390 e. The van der Waals surface area contributed by atoms with E-state index in [1.807, 2.05) is 0 Å². The molecule has 0 aliphatic carbocycles. The molecular weight excluding hydrogens is 217 g/mol. The summed E-state index contributed by atoms with van der Waals surface area (Å²) >= 11 is 0. The predicted octanol–water partition coefficient (Wildman–Crippen LogP) is 3.41. The monoisotopic (exact) mass is 232 g/mol. The van der Waals surface area contributed by atoms with Gasteiger partial charge in [0, 0.05) is 6.42 Å². The number of aliphatic hydroxyl groups is 1. The van der Waals surface area contributed by atoms with Crippen LogP contribution in [-0.4, -0.2) is 10.7 Å². The van der Waals surface area contributed by atoms with Crippen molar-refractivity contribution in [1.29, 1.82) is 0 Å². The fourth-order valence-electron chi connectivity index (χ4n) is 1.42. The number of alkyl halides is 3. The van der Waals surface area contributed by atoms with E-state index >= 15 is 0 Å². The van der Waals surface area contributed by atoms with Crippen molar-refractivity contribution in [2.75, 3.05) is 0 Å². The Labute approximate surface area is 92.9 Å². The third kappa shape index (κ3) is 3.52. The van der Waals surface area contributed by atoms with E-state index in [9.17, 15) is 18.3 Å². The number of hydrogen-bond acceptors (Lipinski definition) is 1. The standard InChI is InChI=1S/C12H15F3O/c1-3-11(2,16)8-9-5-4-6-10(7-9)12(13,14)15/h4-7,16H,3,8H2,1-2H3. The van der Waals surface area contributed by atoms with Crippen LogP contribution in [0.3, 0.4) is 0 Å². The molecule has 0 saturated heterocycles. The molecule has 0 saturated carbocycles. The summed E-state index contributed by atoms with van der Waals surface area (Å²) in [5.74, 6) is 0. The Balaban J connectivity index is 2.92. The van der Waals surface area contributed by atoms with Gasteiger partial charge in [-0.3, -0.25) is 0 Å². The molecule has 1 aromatic carbocycles. The van der Waals surface area contributed by atoms with Crippen molar-refractivity contribution in [2.24, 2.45) is 0 Å². The third-order valence-corrected chi connectivity index (χ3v) is 2.60. The summed E-state index contributed by atoms with van der Waals surface area (Å²) in [6.07, 6.45) is -3.59. The fraction of sp³-hybridized carbons (Fsp3) is 0.500. The lowest BCUT2D eigenvalue weighted by atomic mass is 9.93. The van der Waals surface area contributed by atoms with Gasteiger partial charge < -0.3 is 5.11 Å². The van der Waals surface area contributed by atoms with Gasteiger partial charge in [-0.2, -0.15) is 13.2 Å². The molecule has 0 amide bonds. The van der Waals surface area contributed by atoms with Crippen molar-refractivity contribution < 1.29 is 18.3 Å².